The number of nitrogens with zero attached hydrogens (tertiary/aromatic N) is 1. The molecule has 2 amide bonds. The van der Waals surface area contributed by atoms with E-state index in [2.05, 4.69) is 36.5 Å². The van der Waals surface area contributed by atoms with E-state index in [0.717, 1.165) is 6.42 Å². The van der Waals surface area contributed by atoms with Crippen LogP contribution >= 0.6 is 0 Å². The van der Waals surface area contributed by atoms with Crippen LogP contribution in [0.15, 0.2) is 35.4 Å². The number of urea groups is 1. The summed E-state index contributed by atoms with van der Waals surface area (Å²) < 4.78 is 0. The lowest BCUT2D eigenvalue weighted by Crippen LogP contribution is -2.25. The van der Waals surface area contributed by atoms with Crippen molar-refractivity contribution in [2.24, 2.45) is 10.8 Å². The summed E-state index contributed by atoms with van der Waals surface area (Å²) in [6.07, 6.45) is 2.40. The third kappa shape index (κ3) is 3.73. The molecular weight excluding hydrogens is 202 g/mol. The van der Waals surface area contributed by atoms with Gasteiger partial charge in [0, 0.05) is 6.21 Å². The molecule has 0 radical (unpaired) electrons. The third-order valence-corrected chi connectivity index (χ3v) is 2.42. The van der Waals surface area contributed by atoms with Gasteiger partial charge in [-0.3, -0.25) is 0 Å². The lowest BCUT2D eigenvalue weighted by Gasteiger charge is -2.22. The number of benzene rings is 1. The number of hydrogen-bond donors (Lipinski definition) is 2. The first kappa shape index (κ1) is 12.2. The number of primary amides is 1. The minimum atomic E-state index is -0.645. The molecule has 0 aromatic heterocycles. The molecule has 4 nitrogen and oxygen atoms in total. The average Bonchev–Trinajstić information content (AvgIpc) is 2.26. The van der Waals surface area contributed by atoms with Gasteiger partial charge in [-0.15, -0.1) is 0 Å². The zero-order chi connectivity index (χ0) is 12.0. The van der Waals surface area contributed by atoms with E-state index in [-0.39, 0.29) is 5.41 Å². The summed E-state index contributed by atoms with van der Waals surface area (Å²) in [5.74, 6) is 0. The van der Waals surface area contributed by atoms with Crippen LogP contribution in [0.5, 0.6) is 0 Å². The van der Waals surface area contributed by atoms with Gasteiger partial charge in [0.25, 0.3) is 0 Å². The molecule has 0 aliphatic heterocycles. The number of nitrogens with one attached hydrogen (secondary N) is 1. The first-order chi connectivity index (χ1) is 7.52. The molecule has 0 aliphatic carbocycles. The maximum Gasteiger partial charge on any atom is 0.332 e. The molecule has 0 heterocycles. The van der Waals surface area contributed by atoms with Gasteiger partial charge in [-0.05, 0) is 17.4 Å². The SMILES string of the molecule is CC(C)(C/C=N/NC(N)=O)c1ccccc1. The van der Waals surface area contributed by atoms with Crippen molar-refractivity contribution in [2.45, 2.75) is 25.7 Å². The molecule has 3 N–H and O–H groups in total. The predicted octanol–water partition coefficient (Wildman–Crippen LogP) is 2.01. The van der Waals surface area contributed by atoms with Gasteiger partial charge >= 0.3 is 6.03 Å². The van der Waals surface area contributed by atoms with Crippen LogP contribution in [0.25, 0.3) is 0 Å². The van der Waals surface area contributed by atoms with Crippen molar-refractivity contribution in [2.75, 3.05) is 0 Å². The summed E-state index contributed by atoms with van der Waals surface area (Å²) in [4.78, 5) is 10.4. The Balaban J connectivity index is 2.59. The molecule has 4 heteroatoms. The fourth-order valence-corrected chi connectivity index (χ4v) is 1.39. The van der Waals surface area contributed by atoms with Crippen LogP contribution in [0.2, 0.25) is 0 Å². The Hall–Kier alpha value is -1.84. The smallest absolute Gasteiger partial charge is 0.332 e. The third-order valence-electron chi connectivity index (χ3n) is 2.42. The molecule has 0 unspecified atom stereocenters. The van der Waals surface area contributed by atoms with Crippen molar-refractivity contribution in [1.29, 1.82) is 0 Å². The number of hydrazone groups is 1. The highest BCUT2D eigenvalue weighted by molar-refractivity contribution is 5.73. The summed E-state index contributed by atoms with van der Waals surface area (Å²) in [5, 5.41) is 3.73. The van der Waals surface area contributed by atoms with Crippen LogP contribution in [0.1, 0.15) is 25.8 Å². The molecular formula is C12H17N3O. The van der Waals surface area contributed by atoms with E-state index in [1.165, 1.54) is 5.56 Å². The normalized spacial score (nSPS) is 11.6. The Morgan fingerprint density at radius 1 is 1.44 bits per heavy atom. The van der Waals surface area contributed by atoms with E-state index < -0.39 is 6.03 Å². The van der Waals surface area contributed by atoms with Crippen molar-refractivity contribution in [3.63, 3.8) is 0 Å². The number of amides is 2. The zero-order valence-corrected chi connectivity index (χ0v) is 9.60. The van der Waals surface area contributed by atoms with E-state index in [0.29, 0.717) is 0 Å². The quantitative estimate of drug-likeness (QED) is 0.590. The fourth-order valence-electron chi connectivity index (χ4n) is 1.39. The number of hydrogen-bond acceptors (Lipinski definition) is 2. The summed E-state index contributed by atoms with van der Waals surface area (Å²) >= 11 is 0. The van der Waals surface area contributed by atoms with Crippen LogP contribution < -0.4 is 11.2 Å². The monoisotopic (exact) mass is 219 g/mol. The molecule has 86 valence electrons. The van der Waals surface area contributed by atoms with Gasteiger partial charge in [0.15, 0.2) is 0 Å². The van der Waals surface area contributed by atoms with Gasteiger partial charge in [0.05, 0.1) is 0 Å². The van der Waals surface area contributed by atoms with Gasteiger partial charge in [-0.1, -0.05) is 44.2 Å². The fraction of sp³-hybridized carbons (Fsp3) is 0.333. The molecule has 0 spiro atoms. The minimum absolute atomic E-state index is 0.00984. The number of nitrogens with two attached hydrogens (primary N) is 1. The average molecular weight is 219 g/mol. The molecule has 0 atom stereocenters. The van der Waals surface area contributed by atoms with Gasteiger partial charge in [-0.25, -0.2) is 10.2 Å². The van der Waals surface area contributed by atoms with E-state index in [1.54, 1.807) is 6.21 Å². The van der Waals surface area contributed by atoms with Crippen LogP contribution in [0.4, 0.5) is 4.79 Å². The number of carbonyl (C=O) groups excluding carboxylic acids is 1. The highest BCUT2D eigenvalue weighted by atomic mass is 16.2. The minimum Gasteiger partial charge on any atom is -0.350 e. The van der Waals surface area contributed by atoms with E-state index in [4.69, 9.17) is 5.73 Å². The summed E-state index contributed by atoms with van der Waals surface area (Å²) in [6.45, 7) is 4.25. The second kappa shape index (κ2) is 5.30. The molecule has 0 saturated heterocycles. The number of carbonyl (C=O) groups is 1. The van der Waals surface area contributed by atoms with E-state index in [9.17, 15) is 4.79 Å². The lowest BCUT2D eigenvalue weighted by molar-refractivity contribution is 0.249. The van der Waals surface area contributed by atoms with Gasteiger partial charge in [0.2, 0.25) is 0 Å². The van der Waals surface area contributed by atoms with Crippen LogP contribution in [0.3, 0.4) is 0 Å². The molecule has 16 heavy (non-hydrogen) atoms. The second-order valence-corrected chi connectivity index (χ2v) is 4.24. The Morgan fingerprint density at radius 3 is 2.62 bits per heavy atom. The van der Waals surface area contributed by atoms with Crippen molar-refractivity contribution in [3.8, 4) is 0 Å². The van der Waals surface area contributed by atoms with Gasteiger partial charge in [-0.2, -0.15) is 5.10 Å². The standard InChI is InChI=1S/C12H17N3O/c1-12(2,8-9-14-15-11(13)16)10-6-4-3-5-7-10/h3-7,9H,8H2,1-2H3,(H3,13,15,16)/b14-9+. The number of rotatable bonds is 4. The molecule has 1 aromatic carbocycles. The predicted molar refractivity (Wildman–Crippen MR) is 65.3 cm³/mol. The first-order valence-corrected chi connectivity index (χ1v) is 5.15. The highest BCUT2D eigenvalue weighted by Crippen LogP contribution is 2.25. The van der Waals surface area contributed by atoms with Crippen LogP contribution in [0, 0.1) is 0 Å². The highest BCUT2D eigenvalue weighted by Gasteiger charge is 2.18. The first-order valence-electron chi connectivity index (χ1n) is 5.15. The van der Waals surface area contributed by atoms with Crippen molar-refractivity contribution in [3.05, 3.63) is 35.9 Å². The van der Waals surface area contributed by atoms with E-state index in [1.807, 2.05) is 18.2 Å². The summed E-state index contributed by atoms with van der Waals surface area (Å²) in [5.41, 5.74) is 8.29. The van der Waals surface area contributed by atoms with E-state index >= 15 is 0 Å². The Morgan fingerprint density at radius 2 is 2.06 bits per heavy atom. The Labute approximate surface area is 95.5 Å². The maximum absolute atomic E-state index is 10.4. The molecule has 1 rings (SSSR count). The van der Waals surface area contributed by atoms with Crippen molar-refractivity contribution in [1.82, 2.24) is 5.43 Å². The largest absolute Gasteiger partial charge is 0.350 e. The van der Waals surface area contributed by atoms with Crippen molar-refractivity contribution >= 4 is 12.2 Å². The summed E-state index contributed by atoms with van der Waals surface area (Å²) in [6, 6.07) is 9.52. The Bertz CT molecular complexity index is 371. The molecule has 1 aromatic rings. The van der Waals surface area contributed by atoms with Crippen LogP contribution in [-0.4, -0.2) is 12.2 Å². The molecule has 0 fully saturated rings. The molecule has 0 bridgehead atoms. The zero-order valence-electron chi connectivity index (χ0n) is 9.60. The van der Waals surface area contributed by atoms with Crippen molar-refractivity contribution < 1.29 is 4.79 Å². The lowest BCUT2D eigenvalue weighted by atomic mass is 9.82. The molecule has 0 saturated carbocycles. The van der Waals surface area contributed by atoms with Crippen LogP contribution in [-0.2, 0) is 5.41 Å². The van der Waals surface area contributed by atoms with Gasteiger partial charge in [0.1, 0.15) is 0 Å². The Kier molecular flexibility index (Phi) is 4.05. The summed E-state index contributed by atoms with van der Waals surface area (Å²) in [7, 11) is 0. The second-order valence-electron chi connectivity index (χ2n) is 4.24. The topological polar surface area (TPSA) is 67.5 Å². The van der Waals surface area contributed by atoms with Gasteiger partial charge < -0.3 is 5.73 Å². The molecule has 0 aliphatic rings. The maximum atomic E-state index is 10.4.